The molecule has 0 aliphatic carbocycles. The monoisotopic (exact) mass is 516 g/mol. The predicted octanol–water partition coefficient (Wildman–Crippen LogP) is 4.38. The van der Waals surface area contributed by atoms with Gasteiger partial charge < -0.3 is 20.3 Å². The lowest BCUT2D eigenvalue weighted by molar-refractivity contribution is -0.274. The zero-order valence-corrected chi connectivity index (χ0v) is 19.1. The van der Waals surface area contributed by atoms with Crippen molar-refractivity contribution in [3.8, 4) is 5.75 Å². The number of unbranched alkanes of at least 4 members (excludes halogenated alkanes) is 1. The highest BCUT2D eigenvalue weighted by Crippen LogP contribution is 2.26. The molecule has 0 aliphatic heterocycles. The molecule has 0 saturated heterocycles. The van der Waals surface area contributed by atoms with Crippen LogP contribution in [0.4, 0.5) is 13.2 Å². The Labute approximate surface area is 183 Å². The quantitative estimate of drug-likeness (QED) is 0.199. The topological polar surface area (TPSA) is 48.9 Å². The first-order valence-electron chi connectivity index (χ1n) is 9.47. The first-order chi connectivity index (χ1) is 12.9. The Morgan fingerprint density at radius 2 is 1.75 bits per heavy atom. The number of guanidine groups is 1. The maximum Gasteiger partial charge on any atom is 0.573 e. The number of alkyl halides is 3. The maximum absolute atomic E-state index is 12.5. The molecule has 0 fully saturated rings. The van der Waals surface area contributed by atoms with E-state index in [0.717, 1.165) is 39.0 Å². The van der Waals surface area contributed by atoms with Gasteiger partial charge in [-0.2, -0.15) is 0 Å². The van der Waals surface area contributed by atoms with E-state index in [0.29, 0.717) is 18.1 Å². The van der Waals surface area contributed by atoms with Gasteiger partial charge in [0.05, 0.1) is 6.54 Å². The Morgan fingerprint density at radius 3 is 2.36 bits per heavy atom. The minimum atomic E-state index is -4.71. The van der Waals surface area contributed by atoms with Gasteiger partial charge in [-0.1, -0.05) is 32.0 Å². The van der Waals surface area contributed by atoms with Crippen LogP contribution in [0.1, 0.15) is 39.2 Å². The summed E-state index contributed by atoms with van der Waals surface area (Å²) in [6.45, 7) is 10.9. The number of nitrogens with zero attached hydrogens (tertiary/aromatic N) is 2. The molecule has 0 bridgehead atoms. The number of hydrogen-bond acceptors (Lipinski definition) is 3. The molecule has 0 amide bonds. The molecule has 0 aromatic heterocycles. The van der Waals surface area contributed by atoms with Crippen LogP contribution in [0.5, 0.6) is 5.75 Å². The molecular weight excluding hydrogens is 484 g/mol. The number of nitrogens with one attached hydrogen (secondary N) is 2. The van der Waals surface area contributed by atoms with Gasteiger partial charge >= 0.3 is 6.36 Å². The number of para-hydroxylation sites is 1. The molecule has 0 unspecified atom stereocenters. The van der Waals surface area contributed by atoms with Crippen LogP contribution in [0.2, 0.25) is 0 Å². The molecule has 0 heterocycles. The Bertz CT molecular complexity index is 566. The maximum atomic E-state index is 12.5. The summed E-state index contributed by atoms with van der Waals surface area (Å²) in [5.74, 6) is 0.367. The standard InChI is InChI=1S/C19H31F3N4O.HI/c1-4-23-18(24-13-9-10-14-26(5-2)6-3)25-15-16-11-7-8-12-17(16)27-19(20,21)22;/h7-8,11-12H,4-6,9-10,13-15H2,1-3H3,(H2,23,24,25);1H. The number of aliphatic imine (C=N–C) groups is 1. The van der Waals surface area contributed by atoms with Crippen LogP contribution < -0.4 is 15.4 Å². The molecule has 0 aliphatic rings. The predicted molar refractivity (Wildman–Crippen MR) is 118 cm³/mol. The third-order valence-corrected chi connectivity index (χ3v) is 4.04. The number of hydrogen-bond donors (Lipinski definition) is 2. The lowest BCUT2D eigenvalue weighted by Crippen LogP contribution is -2.38. The first-order valence-corrected chi connectivity index (χ1v) is 9.47. The second-order valence-corrected chi connectivity index (χ2v) is 6.01. The van der Waals surface area contributed by atoms with E-state index in [4.69, 9.17) is 0 Å². The van der Waals surface area contributed by atoms with E-state index >= 15 is 0 Å². The van der Waals surface area contributed by atoms with Gasteiger partial charge in [0.2, 0.25) is 0 Å². The van der Waals surface area contributed by atoms with Crippen LogP contribution in [0, 0.1) is 0 Å². The molecule has 162 valence electrons. The Kier molecular flexibility index (Phi) is 14.1. The van der Waals surface area contributed by atoms with E-state index in [9.17, 15) is 13.2 Å². The van der Waals surface area contributed by atoms with Crippen LogP contribution in [0.3, 0.4) is 0 Å². The molecule has 9 heteroatoms. The van der Waals surface area contributed by atoms with Gasteiger partial charge in [0.15, 0.2) is 5.96 Å². The van der Waals surface area contributed by atoms with Crippen molar-refractivity contribution in [3.05, 3.63) is 29.8 Å². The summed E-state index contributed by atoms with van der Waals surface area (Å²) in [5, 5.41) is 6.33. The van der Waals surface area contributed by atoms with Gasteiger partial charge in [-0.15, -0.1) is 37.1 Å². The molecule has 0 spiro atoms. The zero-order valence-electron chi connectivity index (χ0n) is 16.8. The van der Waals surface area contributed by atoms with Crippen LogP contribution in [0.25, 0.3) is 0 Å². The average molecular weight is 516 g/mol. The minimum absolute atomic E-state index is 0. The first kappa shape index (κ1) is 26.8. The number of rotatable bonds is 11. The Hall–Kier alpha value is -1.23. The van der Waals surface area contributed by atoms with Gasteiger partial charge in [0.1, 0.15) is 5.75 Å². The van der Waals surface area contributed by atoms with Crippen LogP contribution in [0.15, 0.2) is 29.3 Å². The number of benzene rings is 1. The van der Waals surface area contributed by atoms with Gasteiger partial charge in [0.25, 0.3) is 0 Å². The molecule has 1 aromatic rings. The fourth-order valence-corrected chi connectivity index (χ4v) is 2.57. The second kappa shape index (κ2) is 14.7. The van der Waals surface area contributed by atoms with Crippen LogP contribution in [-0.4, -0.2) is 49.9 Å². The van der Waals surface area contributed by atoms with Gasteiger partial charge in [-0.25, -0.2) is 4.99 Å². The van der Waals surface area contributed by atoms with Crippen molar-refractivity contribution < 1.29 is 17.9 Å². The molecule has 0 saturated carbocycles. The summed E-state index contributed by atoms with van der Waals surface area (Å²) in [5.41, 5.74) is 0.383. The van der Waals surface area contributed by atoms with Crippen molar-refractivity contribution in [1.82, 2.24) is 15.5 Å². The van der Waals surface area contributed by atoms with Crippen molar-refractivity contribution in [2.24, 2.45) is 4.99 Å². The van der Waals surface area contributed by atoms with Crippen LogP contribution >= 0.6 is 24.0 Å². The van der Waals surface area contributed by atoms with E-state index in [-0.39, 0.29) is 36.3 Å². The molecule has 2 N–H and O–H groups in total. The summed E-state index contributed by atoms with van der Waals surface area (Å²) < 4.78 is 41.6. The fourth-order valence-electron chi connectivity index (χ4n) is 2.57. The molecule has 0 radical (unpaired) electrons. The number of ether oxygens (including phenoxy) is 1. The summed E-state index contributed by atoms with van der Waals surface area (Å²) in [4.78, 5) is 6.75. The van der Waals surface area contributed by atoms with Crippen molar-refractivity contribution >= 4 is 29.9 Å². The highest BCUT2D eigenvalue weighted by atomic mass is 127. The lowest BCUT2D eigenvalue weighted by Gasteiger charge is -2.18. The van der Waals surface area contributed by atoms with Crippen LogP contribution in [-0.2, 0) is 6.54 Å². The summed E-state index contributed by atoms with van der Waals surface area (Å²) in [7, 11) is 0. The normalized spacial score (nSPS) is 11.9. The van der Waals surface area contributed by atoms with E-state index in [1.165, 1.54) is 12.1 Å². The summed E-state index contributed by atoms with van der Waals surface area (Å²) in [6.07, 6.45) is -2.64. The Morgan fingerprint density at radius 1 is 1.07 bits per heavy atom. The highest BCUT2D eigenvalue weighted by Gasteiger charge is 2.31. The molecule has 28 heavy (non-hydrogen) atoms. The van der Waals surface area contributed by atoms with E-state index in [1.54, 1.807) is 12.1 Å². The lowest BCUT2D eigenvalue weighted by atomic mass is 10.2. The Balaban J connectivity index is 0.00000729. The summed E-state index contributed by atoms with van der Waals surface area (Å²) in [6, 6.07) is 6.05. The van der Waals surface area contributed by atoms with Crippen molar-refractivity contribution in [2.75, 3.05) is 32.7 Å². The van der Waals surface area contributed by atoms with Crippen molar-refractivity contribution in [2.45, 2.75) is 46.5 Å². The molecule has 0 atom stereocenters. The molecule has 1 aromatic carbocycles. The minimum Gasteiger partial charge on any atom is -0.405 e. The molecule has 5 nitrogen and oxygen atoms in total. The second-order valence-electron chi connectivity index (χ2n) is 6.01. The average Bonchev–Trinajstić information content (AvgIpc) is 2.62. The van der Waals surface area contributed by atoms with Crippen molar-refractivity contribution in [3.63, 3.8) is 0 Å². The number of halogens is 4. The van der Waals surface area contributed by atoms with Crippen molar-refractivity contribution in [1.29, 1.82) is 0 Å². The SMILES string of the molecule is CCNC(=NCc1ccccc1OC(F)(F)F)NCCCCN(CC)CC.I. The van der Waals surface area contributed by atoms with E-state index in [2.05, 4.69) is 39.1 Å². The smallest absolute Gasteiger partial charge is 0.405 e. The van der Waals surface area contributed by atoms with E-state index in [1.807, 2.05) is 6.92 Å². The highest BCUT2D eigenvalue weighted by molar-refractivity contribution is 14.0. The summed E-state index contributed by atoms with van der Waals surface area (Å²) >= 11 is 0. The van der Waals surface area contributed by atoms with Gasteiger partial charge in [-0.05, 0) is 45.5 Å². The largest absolute Gasteiger partial charge is 0.573 e. The van der Waals surface area contributed by atoms with E-state index < -0.39 is 6.36 Å². The fraction of sp³-hybridized carbons (Fsp3) is 0.632. The third-order valence-electron chi connectivity index (χ3n) is 4.04. The molecular formula is C19H32F3IN4O. The third kappa shape index (κ3) is 11.6. The van der Waals surface area contributed by atoms with Gasteiger partial charge in [0, 0.05) is 18.7 Å². The zero-order chi connectivity index (χ0) is 20.1. The van der Waals surface area contributed by atoms with Gasteiger partial charge in [-0.3, -0.25) is 0 Å². The molecule has 1 rings (SSSR count).